The number of hydrogen-bond donors (Lipinski definition) is 2. The molecular formula is C11H21N5O2S. The molecule has 2 rings (SSSR count). The third-order valence-corrected chi connectivity index (χ3v) is 5.28. The Balaban J connectivity index is 1.93. The summed E-state index contributed by atoms with van der Waals surface area (Å²) < 4.78 is 26.0. The minimum absolute atomic E-state index is 0.233. The van der Waals surface area contributed by atoms with E-state index < -0.39 is 10.0 Å². The van der Waals surface area contributed by atoms with Crippen molar-refractivity contribution in [3.8, 4) is 0 Å². The molecular weight excluding hydrogens is 266 g/mol. The second-order valence-corrected chi connectivity index (χ2v) is 6.92. The molecule has 0 bridgehead atoms. The van der Waals surface area contributed by atoms with Gasteiger partial charge in [-0.2, -0.15) is 9.40 Å². The van der Waals surface area contributed by atoms with Gasteiger partial charge in [-0.15, -0.1) is 0 Å². The lowest BCUT2D eigenvalue weighted by molar-refractivity contribution is 0.170. The van der Waals surface area contributed by atoms with Crippen molar-refractivity contribution >= 4 is 10.0 Å². The van der Waals surface area contributed by atoms with E-state index in [2.05, 4.69) is 22.0 Å². The summed E-state index contributed by atoms with van der Waals surface area (Å²) >= 11 is 0. The highest BCUT2D eigenvalue weighted by Crippen LogP contribution is 2.16. The molecule has 7 nitrogen and oxygen atoms in total. The summed E-state index contributed by atoms with van der Waals surface area (Å²) in [6.45, 7) is 6.23. The third kappa shape index (κ3) is 3.33. The van der Waals surface area contributed by atoms with Gasteiger partial charge in [0.05, 0.1) is 6.20 Å². The Kier molecular flexibility index (Phi) is 4.56. The number of aromatic amines is 1. The van der Waals surface area contributed by atoms with Crippen LogP contribution in [0.3, 0.4) is 0 Å². The van der Waals surface area contributed by atoms with Crippen molar-refractivity contribution in [2.75, 3.05) is 39.3 Å². The second-order valence-electron chi connectivity index (χ2n) is 4.98. The molecule has 1 fully saturated rings. The SMILES string of the molecule is CC(CN)CN1CCN(S(=O)(=O)c2cn[nH]c2)CC1. The van der Waals surface area contributed by atoms with Crippen LogP contribution in [0.15, 0.2) is 17.3 Å². The van der Waals surface area contributed by atoms with Crippen molar-refractivity contribution in [1.29, 1.82) is 0 Å². The van der Waals surface area contributed by atoms with Crippen LogP contribution in [0.25, 0.3) is 0 Å². The Morgan fingerprint density at radius 3 is 2.63 bits per heavy atom. The fourth-order valence-corrected chi connectivity index (χ4v) is 3.53. The maximum absolute atomic E-state index is 12.3. The Morgan fingerprint density at radius 1 is 1.42 bits per heavy atom. The van der Waals surface area contributed by atoms with Gasteiger partial charge in [-0.1, -0.05) is 6.92 Å². The van der Waals surface area contributed by atoms with E-state index in [-0.39, 0.29) is 4.90 Å². The predicted molar refractivity (Wildman–Crippen MR) is 72.0 cm³/mol. The summed E-state index contributed by atoms with van der Waals surface area (Å²) in [6, 6.07) is 0. The second kappa shape index (κ2) is 6.00. The standard InChI is InChI=1S/C11H21N5O2S/c1-10(6-12)9-15-2-4-16(5-3-15)19(17,18)11-7-13-14-8-11/h7-8,10H,2-6,9,12H2,1H3,(H,13,14). The van der Waals surface area contributed by atoms with E-state index in [0.29, 0.717) is 25.6 Å². The normalized spacial score (nSPS) is 20.5. The van der Waals surface area contributed by atoms with Gasteiger partial charge in [0.15, 0.2) is 0 Å². The molecule has 3 N–H and O–H groups in total. The fourth-order valence-electron chi connectivity index (χ4n) is 2.20. The summed E-state index contributed by atoms with van der Waals surface area (Å²) in [5.41, 5.74) is 5.61. The minimum atomic E-state index is -3.39. The number of nitrogens with one attached hydrogen (secondary N) is 1. The van der Waals surface area contributed by atoms with Gasteiger partial charge >= 0.3 is 0 Å². The first-order chi connectivity index (χ1) is 9.04. The lowest BCUT2D eigenvalue weighted by Crippen LogP contribution is -2.49. The molecule has 0 saturated carbocycles. The number of hydrogen-bond acceptors (Lipinski definition) is 5. The van der Waals surface area contributed by atoms with Crippen molar-refractivity contribution in [2.24, 2.45) is 11.7 Å². The van der Waals surface area contributed by atoms with Gasteiger partial charge in [0.1, 0.15) is 4.90 Å². The molecule has 1 aromatic heterocycles. The lowest BCUT2D eigenvalue weighted by atomic mass is 10.1. The molecule has 0 spiro atoms. The number of H-pyrrole nitrogens is 1. The quantitative estimate of drug-likeness (QED) is 0.747. The molecule has 0 aromatic carbocycles. The maximum Gasteiger partial charge on any atom is 0.246 e. The average molecular weight is 287 g/mol. The lowest BCUT2D eigenvalue weighted by Gasteiger charge is -2.34. The monoisotopic (exact) mass is 287 g/mol. The van der Waals surface area contributed by atoms with Crippen LogP contribution >= 0.6 is 0 Å². The highest BCUT2D eigenvalue weighted by Gasteiger charge is 2.29. The molecule has 0 amide bonds. The van der Waals surface area contributed by atoms with E-state index in [1.807, 2.05) is 0 Å². The van der Waals surface area contributed by atoms with Crippen LogP contribution in [-0.2, 0) is 10.0 Å². The van der Waals surface area contributed by atoms with Gasteiger partial charge in [-0.05, 0) is 12.5 Å². The number of nitrogens with two attached hydrogens (primary N) is 1. The van der Waals surface area contributed by atoms with Gasteiger partial charge in [-0.25, -0.2) is 8.42 Å². The molecule has 2 heterocycles. The van der Waals surface area contributed by atoms with Crippen LogP contribution in [0.2, 0.25) is 0 Å². The topological polar surface area (TPSA) is 95.3 Å². The van der Waals surface area contributed by atoms with E-state index >= 15 is 0 Å². The smallest absolute Gasteiger partial charge is 0.246 e. The minimum Gasteiger partial charge on any atom is -0.330 e. The van der Waals surface area contributed by atoms with Crippen LogP contribution in [-0.4, -0.2) is 67.1 Å². The number of piperazine rings is 1. The van der Waals surface area contributed by atoms with Crippen molar-refractivity contribution in [2.45, 2.75) is 11.8 Å². The summed E-state index contributed by atoms with van der Waals surface area (Å²) in [5, 5.41) is 6.23. The maximum atomic E-state index is 12.3. The first-order valence-corrected chi connectivity index (χ1v) is 7.89. The highest BCUT2D eigenvalue weighted by molar-refractivity contribution is 7.89. The van der Waals surface area contributed by atoms with Crippen LogP contribution in [0.1, 0.15) is 6.92 Å². The predicted octanol–water partition coefficient (Wildman–Crippen LogP) is -0.689. The molecule has 0 aliphatic carbocycles. The van der Waals surface area contributed by atoms with Crippen molar-refractivity contribution in [3.05, 3.63) is 12.4 Å². The number of aromatic nitrogens is 2. The molecule has 1 aliphatic rings. The zero-order chi connectivity index (χ0) is 13.9. The van der Waals surface area contributed by atoms with E-state index in [4.69, 9.17) is 5.73 Å². The van der Waals surface area contributed by atoms with Gasteiger partial charge in [0.2, 0.25) is 10.0 Å². The molecule has 19 heavy (non-hydrogen) atoms. The van der Waals surface area contributed by atoms with Crippen molar-refractivity contribution in [3.63, 3.8) is 0 Å². The number of sulfonamides is 1. The summed E-state index contributed by atoms with van der Waals surface area (Å²) in [6.07, 6.45) is 2.76. The zero-order valence-corrected chi connectivity index (χ0v) is 11.9. The molecule has 1 atom stereocenters. The molecule has 8 heteroatoms. The molecule has 0 radical (unpaired) electrons. The zero-order valence-electron chi connectivity index (χ0n) is 11.1. The van der Waals surface area contributed by atoms with Crippen LogP contribution in [0, 0.1) is 5.92 Å². The number of nitrogens with zero attached hydrogens (tertiary/aromatic N) is 3. The molecule has 1 unspecified atom stereocenters. The summed E-state index contributed by atoms with van der Waals surface area (Å²) in [7, 11) is -3.39. The largest absolute Gasteiger partial charge is 0.330 e. The Labute approximate surface area is 113 Å². The fraction of sp³-hybridized carbons (Fsp3) is 0.727. The first-order valence-electron chi connectivity index (χ1n) is 6.45. The average Bonchev–Trinajstić information content (AvgIpc) is 2.94. The van der Waals surface area contributed by atoms with Crippen LogP contribution in [0.5, 0.6) is 0 Å². The van der Waals surface area contributed by atoms with E-state index in [0.717, 1.165) is 19.6 Å². The van der Waals surface area contributed by atoms with Crippen molar-refractivity contribution in [1.82, 2.24) is 19.4 Å². The van der Waals surface area contributed by atoms with Gasteiger partial charge in [0.25, 0.3) is 0 Å². The highest BCUT2D eigenvalue weighted by atomic mass is 32.2. The van der Waals surface area contributed by atoms with Gasteiger partial charge < -0.3 is 10.6 Å². The number of rotatable bonds is 5. The molecule has 108 valence electrons. The summed E-state index contributed by atoms with van der Waals surface area (Å²) in [5.74, 6) is 0.442. The Bertz CT molecular complexity index is 479. The van der Waals surface area contributed by atoms with Crippen LogP contribution < -0.4 is 5.73 Å². The molecule has 1 saturated heterocycles. The molecule has 1 aromatic rings. The van der Waals surface area contributed by atoms with E-state index in [1.54, 1.807) is 0 Å². The van der Waals surface area contributed by atoms with Gasteiger partial charge in [-0.3, -0.25) is 5.10 Å². The van der Waals surface area contributed by atoms with Gasteiger partial charge in [0, 0.05) is 38.9 Å². The first kappa shape index (κ1) is 14.4. The Morgan fingerprint density at radius 2 is 2.11 bits per heavy atom. The Hall–Kier alpha value is -0.960. The van der Waals surface area contributed by atoms with Crippen molar-refractivity contribution < 1.29 is 8.42 Å². The third-order valence-electron chi connectivity index (χ3n) is 3.41. The van der Waals surface area contributed by atoms with E-state index in [1.165, 1.54) is 16.7 Å². The molecule has 1 aliphatic heterocycles. The van der Waals surface area contributed by atoms with E-state index in [9.17, 15) is 8.42 Å². The summed E-state index contributed by atoms with van der Waals surface area (Å²) in [4.78, 5) is 2.50. The van der Waals surface area contributed by atoms with Crippen LogP contribution in [0.4, 0.5) is 0 Å².